The van der Waals surface area contributed by atoms with E-state index < -0.39 is 17.9 Å². The van der Waals surface area contributed by atoms with Gasteiger partial charge in [0.15, 0.2) is 0 Å². The van der Waals surface area contributed by atoms with Gasteiger partial charge in [0, 0.05) is 6.54 Å². The normalized spacial score (nSPS) is 14.4. The monoisotopic (exact) mass is 378 g/mol. The summed E-state index contributed by atoms with van der Waals surface area (Å²) in [4.78, 5) is 41.1. The summed E-state index contributed by atoms with van der Waals surface area (Å²) in [7, 11) is 0. The van der Waals surface area contributed by atoms with Crippen molar-refractivity contribution in [2.75, 3.05) is 32.9 Å². The van der Waals surface area contributed by atoms with Crippen molar-refractivity contribution in [1.29, 1.82) is 0 Å². The molecule has 1 aromatic rings. The van der Waals surface area contributed by atoms with Gasteiger partial charge >= 0.3 is 0 Å². The van der Waals surface area contributed by atoms with Gasteiger partial charge < -0.3 is 21.5 Å². The van der Waals surface area contributed by atoms with Crippen LogP contribution in [0.15, 0.2) is 24.3 Å². The van der Waals surface area contributed by atoms with E-state index >= 15 is 0 Å². The molecular weight excluding hydrogens is 352 g/mol. The van der Waals surface area contributed by atoms with Crippen molar-refractivity contribution in [3.8, 4) is 0 Å². The molecule has 1 unspecified atom stereocenters. The Morgan fingerprint density at radius 3 is 2.37 bits per heavy atom. The van der Waals surface area contributed by atoms with E-state index in [1.165, 1.54) is 0 Å². The number of ether oxygens (including phenoxy) is 1. The lowest BCUT2D eigenvalue weighted by Gasteiger charge is -2.14. The van der Waals surface area contributed by atoms with Crippen LogP contribution >= 0.6 is 0 Å². The Balaban J connectivity index is 1.56. The van der Waals surface area contributed by atoms with Crippen LogP contribution in [0.2, 0.25) is 0 Å². The summed E-state index contributed by atoms with van der Waals surface area (Å²) in [5, 5.41) is 3.43. The third-order valence-electron chi connectivity index (χ3n) is 4.06. The minimum atomic E-state index is -0.547. The average molecular weight is 378 g/mol. The van der Waals surface area contributed by atoms with Crippen LogP contribution in [0.1, 0.15) is 40.0 Å². The van der Waals surface area contributed by atoms with Crippen LogP contribution in [0.25, 0.3) is 0 Å². The molecular formula is C18H26N4O5. The number of rotatable bonds is 12. The lowest BCUT2D eigenvalue weighted by Crippen LogP contribution is -2.41. The maximum Gasteiger partial charge on any atom is 0.285 e. The maximum atomic E-state index is 12.1. The summed E-state index contributed by atoms with van der Waals surface area (Å²) in [6, 6.07) is 6.00. The van der Waals surface area contributed by atoms with Crippen molar-refractivity contribution in [1.82, 2.24) is 10.4 Å². The van der Waals surface area contributed by atoms with Gasteiger partial charge in [-0.1, -0.05) is 18.6 Å². The molecule has 5 N–H and O–H groups in total. The molecule has 0 fully saturated rings. The molecule has 1 aromatic carbocycles. The van der Waals surface area contributed by atoms with Gasteiger partial charge in [0.25, 0.3) is 11.8 Å². The van der Waals surface area contributed by atoms with E-state index in [4.69, 9.17) is 21.0 Å². The summed E-state index contributed by atoms with van der Waals surface area (Å²) < 4.78 is 5.32. The number of unbranched alkanes of at least 4 members (excludes halogenated alkanes) is 1. The van der Waals surface area contributed by atoms with E-state index in [1.54, 1.807) is 24.3 Å². The quantitative estimate of drug-likeness (QED) is 0.338. The molecule has 148 valence electrons. The van der Waals surface area contributed by atoms with Gasteiger partial charge in [-0.25, -0.2) is 0 Å². The lowest BCUT2D eigenvalue weighted by molar-refractivity contribution is -0.123. The summed E-state index contributed by atoms with van der Waals surface area (Å²) in [6.45, 7) is 1.39. The Labute approximate surface area is 157 Å². The fourth-order valence-corrected chi connectivity index (χ4v) is 2.59. The number of carbonyl (C=O) groups excluding carboxylic acids is 3. The van der Waals surface area contributed by atoms with E-state index in [0.29, 0.717) is 30.6 Å². The summed E-state index contributed by atoms with van der Waals surface area (Å²) in [5.41, 5.74) is 11.8. The van der Waals surface area contributed by atoms with E-state index in [-0.39, 0.29) is 25.7 Å². The fourth-order valence-electron chi connectivity index (χ4n) is 2.59. The second kappa shape index (κ2) is 10.7. The Bertz CT molecular complexity index is 632. The highest BCUT2D eigenvalue weighted by Gasteiger charge is 2.36. The predicted octanol–water partition coefficient (Wildman–Crippen LogP) is -0.197. The molecule has 0 saturated carbocycles. The lowest BCUT2D eigenvalue weighted by atomic mass is 10.1. The first kappa shape index (κ1) is 21.0. The smallest absolute Gasteiger partial charge is 0.285 e. The van der Waals surface area contributed by atoms with Crippen molar-refractivity contribution in [2.24, 2.45) is 11.5 Å². The highest BCUT2D eigenvalue weighted by Crippen LogP contribution is 2.22. The number of amides is 3. The SMILES string of the molecule is NCCCCC(N)C(=O)NCCOCCON1C(=O)c2ccccc2C1=O. The molecule has 2 rings (SSSR count). The Hall–Kier alpha value is -2.33. The zero-order chi connectivity index (χ0) is 19.6. The third kappa shape index (κ3) is 5.83. The van der Waals surface area contributed by atoms with Crippen LogP contribution in [-0.2, 0) is 14.4 Å². The molecule has 9 heteroatoms. The first-order valence-electron chi connectivity index (χ1n) is 8.98. The zero-order valence-corrected chi connectivity index (χ0v) is 15.2. The zero-order valence-electron chi connectivity index (χ0n) is 15.2. The standard InChI is InChI=1S/C18H26N4O5/c19-8-4-3-7-15(20)16(23)21-9-10-26-11-12-27-22-17(24)13-5-1-2-6-14(13)18(22)25/h1-2,5-6,15H,3-4,7-12,19-20H2,(H,21,23). The van der Waals surface area contributed by atoms with Crippen LogP contribution in [0.5, 0.6) is 0 Å². The summed E-state index contributed by atoms with van der Waals surface area (Å²) >= 11 is 0. The van der Waals surface area contributed by atoms with Crippen molar-refractivity contribution in [3.05, 3.63) is 35.4 Å². The Kier molecular flexibility index (Phi) is 8.34. The van der Waals surface area contributed by atoms with Crippen molar-refractivity contribution in [3.63, 3.8) is 0 Å². The highest BCUT2D eigenvalue weighted by molar-refractivity contribution is 6.20. The highest BCUT2D eigenvalue weighted by atomic mass is 16.7. The molecule has 9 nitrogen and oxygen atoms in total. The average Bonchev–Trinajstić information content (AvgIpc) is 2.92. The van der Waals surface area contributed by atoms with Crippen molar-refractivity contribution in [2.45, 2.75) is 25.3 Å². The molecule has 27 heavy (non-hydrogen) atoms. The maximum absolute atomic E-state index is 12.1. The van der Waals surface area contributed by atoms with Gasteiger partial charge in [0.1, 0.15) is 0 Å². The first-order chi connectivity index (χ1) is 13.1. The van der Waals surface area contributed by atoms with Gasteiger partial charge in [0.05, 0.1) is 37.0 Å². The number of benzene rings is 1. The van der Waals surface area contributed by atoms with Crippen LogP contribution in [-0.4, -0.2) is 61.7 Å². The number of nitrogens with zero attached hydrogens (tertiary/aromatic N) is 1. The molecule has 1 atom stereocenters. The molecule has 0 bridgehead atoms. The van der Waals surface area contributed by atoms with E-state index in [9.17, 15) is 14.4 Å². The first-order valence-corrected chi connectivity index (χ1v) is 8.98. The molecule has 0 aliphatic carbocycles. The molecule has 0 saturated heterocycles. The number of carbonyl (C=O) groups is 3. The molecule has 0 aromatic heterocycles. The third-order valence-corrected chi connectivity index (χ3v) is 4.06. The second-order valence-corrected chi connectivity index (χ2v) is 6.08. The Morgan fingerprint density at radius 2 is 1.74 bits per heavy atom. The molecule has 1 heterocycles. The van der Waals surface area contributed by atoms with Crippen LogP contribution < -0.4 is 16.8 Å². The minimum Gasteiger partial charge on any atom is -0.377 e. The van der Waals surface area contributed by atoms with Gasteiger partial charge in [-0.05, 0) is 31.5 Å². The number of hydrogen-bond acceptors (Lipinski definition) is 7. The van der Waals surface area contributed by atoms with E-state index in [2.05, 4.69) is 5.32 Å². The van der Waals surface area contributed by atoms with Crippen LogP contribution in [0, 0.1) is 0 Å². The summed E-state index contributed by atoms with van der Waals surface area (Å²) in [6.07, 6.45) is 2.26. The number of hydrogen-bond donors (Lipinski definition) is 3. The summed E-state index contributed by atoms with van der Waals surface area (Å²) in [5.74, 6) is -1.18. The van der Waals surface area contributed by atoms with Crippen molar-refractivity contribution >= 4 is 17.7 Å². The molecule has 1 aliphatic heterocycles. The van der Waals surface area contributed by atoms with Crippen LogP contribution in [0.3, 0.4) is 0 Å². The minimum absolute atomic E-state index is 0.0397. The van der Waals surface area contributed by atoms with Crippen molar-refractivity contribution < 1.29 is 24.0 Å². The van der Waals surface area contributed by atoms with E-state index in [0.717, 1.165) is 17.9 Å². The molecule has 0 spiro atoms. The topological polar surface area (TPSA) is 137 Å². The van der Waals surface area contributed by atoms with Gasteiger partial charge in [0.2, 0.25) is 5.91 Å². The largest absolute Gasteiger partial charge is 0.377 e. The van der Waals surface area contributed by atoms with E-state index in [1.807, 2.05) is 0 Å². The van der Waals surface area contributed by atoms with Crippen LogP contribution in [0.4, 0.5) is 0 Å². The fraction of sp³-hybridized carbons (Fsp3) is 0.500. The second-order valence-electron chi connectivity index (χ2n) is 6.08. The number of nitrogens with one attached hydrogen (secondary N) is 1. The molecule has 1 aliphatic rings. The number of imide groups is 1. The van der Waals surface area contributed by atoms with Gasteiger partial charge in [-0.3, -0.25) is 19.2 Å². The predicted molar refractivity (Wildman–Crippen MR) is 97.6 cm³/mol. The van der Waals surface area contributed by atoms with Gasteiger partial charge in [-0.2, -0.15) is 0 Å². The number of nitrogens with two attached hydrogens (primary N) is 2. The molecule has 3 amide bonds. The number of hydroxylamine groups is 2. The number of fused-ring (bicyclic) bond motifs is 1. The molecule has 0 radical (unpaired) electrons. The van der Waals surface area contributed by atoms with Gasteiger partial charge in [-0.15, -0.1) is 5.06 Å². The Morgan fingerprint density at radius 1 is 1.07 bits per heavy atom.